The van der Waals surface area contributed by atoms with Gasteiger partial charge in [0.2, 0.25) is 0 Å². The first-order chi connectivity index (χ1) is 13.1. The van der Waals surface area contributed by atoms with Crippen LogP contribution in [0, 0.1) is 0 Å². The lowest BCUT2D eigenvalue weighted by atomic mass is 9.85. The van der Waals surface area contributed by atoms with Gasteiger partial charge in [0.05, 0.1) is 25.7 Å². The molecule has 1 amide bonds. The van der Waals surface area contributed by atoms with E-state index in [1.807, 2.05) is 27.7 Å². The smallest absolute Gasteiger partial charge is 0.410 e. The Balaban J connectivity index is 2.18. The van der Waals surface area contributed by atoms with Crippen LogP contribution >= 0.6 is 0 Å². The number of likely N-dealkylation sites (tertiary alicyclic amines) is 1. The largest absolute Gasteiger partial charge is 0.598 e. The minimum absolute atomic E-state index is 0.105. The van der Waals surface area contributed by atoms with Gasteiger partial charge < -0.3 is 19.3 Å². The number of ether oxygens (including phenoxy) is 1. The normalized spacial score (nSPS) is 18.8. The van der Waals surface area contributed by atoms with Crippen molar-refractivity contribution in [2.45, 2.75) is 77.1 Å². The van der Waals surface area contributed by atoms with Crippen LogP contribution in [0.4, 0.5) is 9.18 Å². The third kappa shape index (κ3) is 6.07. The van der Waals surface area contributed by atoms with Crippen LogP contribution < -0.4 is 4.72 Å². The van der Waals surface area contributed by atoms with Crippen LogP contribution in [0.1, 0.15) is 71.2 Å². The second-order valence-corrected chi connectivity index (χ2v) is 11.6. The van der Waals surface area contributed by atoms with Gasteiger partial charge in [0.25, 0.3) is 0 Å². The first-order valence-electron chi connectivity index (χ1n) is 9.75. The van der Waals surface area contributed by atoms with Gasteiger partial charge in [0.15, 0.2) is 5.67 Å². The predicted octanol–water partition coefficient (Wildman–Crippen LogP) is 3.71. The van der Waals surface area contributed by atoms with E-state index in [-0.39, 0.29) is 25.7 Å². The van der Waals surface area contributed by atoms with Crippen LogP contribution in [0.5, 0.6) is 0 Å². The molecule has 0 unspecified atom stereocenters. The van der Waals surface area contributed by atoms with Gasteiger partial charge in [0, 0.05) is 11.4 Å². The van der Waals surface area contributed by atoms with E-state index in [0.29, 0.717) is 11.1 Å². The molecule has 2 N–H and O–H groups in total. The summed E-state index contributed by atoms with van der Waals surface area (Å²) in [6.07, 6.45) is -0.542. The van der Waals surface area contributed by atoms with E-state index < -0.39 is 33.5 Å². The number of hydrogen-bond donors (Lipinski definition) is 2. The molecule has 0 bridgehead atoms. The molecule has 1 aromatic carbocycles. The van der Waals surface area contributed by atoms with E-state index in [9.17, 15) is 14.5 Å². The highest BCUT2D eigenvalue weighted by Crippen LogP contribution is 2.38. The first-order valence-corrected chi connectivity index (χ1v) is 10.9. The van der Waals surface area contributed by atoms with Gasteiger partial charge in [-0.05, 0) is 65.2 Å². The lowest BCUT2D eigenvalue weighted by Crippen LogP contribution is -2.59. The lowest BCUT2D eigenvalue weighted by Gasteiger charge is -2.45. The number of halogens is 1. The average Bonchev–Trinajstić information content (AvgIpc) is 2.55. The topological polar surface area (TPSA) is 84.9 Å². The van der Waals surface area contributed by atoms with Gasteiger partial charge in [-0.25, -0.2) is 9.18 Å². The van der Waals surface area contributed by atoms with Crippen LogP contribution in [0.3, 0.4) is 0 Å². The molecule has 29 heavy (non-hydrogen) atoms. The highest BCUT2D eigenvalue weighted by atomic mass is 32.2. The maximum atomic E-state index is 15.5. The Morgan fingerprint density at radius 1 is 1.31 bits per heavy atom. The minimum Gasteiger partial charge on any atom is -0.598 e. The van der Waals surface area contributed by atoms with E-state index in [2.05, 4.69) is 4.72 Å². The van der Waals surface area contributed by atoms with Crippen molar-refractivity contribution in [3.8, 4) is 0 Å². The van der Waals surface area contributed by atoms with Gasteiger partial charge in [-0.2, -0.15) is 0 Å². The molecule has 164 valence electrons. The number of benzene rings is 1. The maximum absolute atomic E-state index is 15.5. The minimum atomic E-state index is -1.71. The number of nitrogens with one attached hydrogen (secondary N) is 1. The van der Waals surface area contributed by atoms with Crippen LogP contribution in [0.15, 0.2) is 18.2 Å². The molecule has 1 fully saturated rings. The van der Waals surface area contributed by atoms with Crippen molar-refractivity contribution >= 4 is 17.5 Å². The van der Waals surface area contributed by atoms with Crippen molar-refractivity contribution in [3.05, 3.63) is 34.9 Å². The Labute approximate surface area is 176 Å². The number of rotatable bonds is 5. The number of carbonyl (C=O) groups excluding carboxylic acids is 1. The van der Waals surface area contributed by atoms with E-state index in [1.54, 1.807) is 39.0 Å². The van der Waals surface area contributed by atoms with Crippen LogP contribution in [-0.4, -0.2) is 44.1 Å². The molecule has 0 spiro atoms. The quantitative estimate of drug-likeness (QED) is 0.699. The monoisotopic (exact) mass is 428 g/mol. The standard InChI is InChI=1S/C21H33FN2O4S/c1-14(23-29(27)20(5,6)7)16-8-15(11-25)9-17(10-16)21(22)12-24(13-21)18(26)28-19(2,3)4/h8-10,14,23,25H,11-13H2,1-7H3/t14-,29-/m1/s1. The molecule has 1 heterocycles. The summed E-state index contributed by atoms with van der Waals surface area (Å²) in [6.45, 7) is 12.3. The number of amides is 1. The van der Waals surface area contributed by atoms with Gasteiger partial charge in [-0.3, -0.25) is 0 Å². The van der Waals surface area contributed by atoms with Gasteiger partial charge >= 0.3 is 6.09 Å². The number of carbonyl (C=O) groups is 1. The summed E-state index contributed by atoms with van der Waals surface area (Å²) in [5.74, 6) is 0. The Morgan fingerprint density at radius 3 is 2.38 bits per heavy atom. The number of nitrogens with zero attached hydrogens (tertiary/aromatic N) is 1. The fourth-order valence-electron chi connectivity index (χ4n) is 2.92. The molecule has 1 saturated heterocycles. The fraction of sp³-hybridized carbons (Fsp3) is 0.667. The summed E-state index contributed by atoms with van der Waals surface area (Å²) < 4.78 is 35.8. The van der Waals surface area contributed by atoms with Crippen molar-refractivity contribution in [2.24, 2.45) is 0 Å². The predicted molar refractivity (Wildman–Crippen MR) is 112 cm³/mol. The molecule has 0 radical (unpaired) electrons. The molecule has 8 heteroatoms. The highest BCUT2D eigenvalue weighted by molar-refractivity contribution is 7.90. The van der Waals surface area contributed by atoms with Crippen molar-refractivity contribution < 1.29 is 23.6 Å². The van der Waals surface area contributed by atoms with E-state index in [0.717, 1.165) is 5.56 Å². The van der Waals surface area contributed by atoms with E-state index >= 15 is 4.39 Å². The molecule has 2 atom stereocenters. The molecule has 1 aliphatic rings. The number of aliphatic hydroxyl groups excluding tert-OH is 1. The summed E-state index contributed by atoms with van der Waals surface area (Å²) in [5.41, 5.74) is -0.648. The summed E-state index contributed by atoms with van der Waals surface area (Å²) in [7, 11) is 0. The van der Waals surface area contributed by atoms with Gasteiger partial charge in [-0.1, -0.05) is 18.2 Å². The molecule has 0 saturated carbocycles. The molecular weight excluding hydrogens is 395 g/mol. The second-order valence-electron chi connectivity index (χ2n) is 9.64. The van der Waals surface area contributed by atoms with Gasteiger partial charge in [0.1, 0.15) is 10.3 Å². The first kappa shape index (κ1) is 23.9. The molecule has 1 aromatic rings. The zero-order valence-corrected chi connectivity index (χ0v) is 19.2. The zero-order valence-electron chi connectivity index (χ0n) is 18.3. The summed E-state index contributed by atoms with van der Waals surface area (Å²) >= 11 is -1.29. The van der Waals surface area contributed by atoms with Gasteiger partial charge in [-0.15, -0.1) is 4.72 Å². The molecule has 6 nitrogen and oxygen atoms in total. The maximum Gasteiger partial charge on any atom is 0.410 e. The third-order valence-electron chi connectivity index (χ3n) is 4.59. The lowest BCUT2D eigenvalue weighted by molar-refractivity contribution is -0.0538. The second kappa shape index (κ2) is 8.41. The third-order valence-corrected chi connectivity index (χ3v) is 6.27. The van der Waals surface area contributed by atoms with Crippen molar-refractivity contribution in [2.75, 3.05) is 13.1 Å². The number of aliphatic hydroxyl groups is 1. The SMILES string of the molecule is C[C@@H](N[S@+]([O-])C(C)(C)C)c1cc(CO)cc(C2(F)CN(C(=O)OC(C)(C)C)C2)c1. The van der Waals surface area contributed by atoms with Crippen LogP contribution in [0.25, 0.3) is 0 Å². The Bertz CT molecular complexity index is 739. The Kier molecular flexibility index (Phi) is 6.94. The molecule has 1 aliphatic heterocycles. The average molecular weight is 429 g/mol. The van der Waals surface area contributed by atoms with Crippen LogP contribution in [-0.2, 0) is 28.4 Å². The van der Waals surface area contributed by atoms with E-state index in [1.165, 1.54) is 4.90 Å². The van der Waals surface area contributed by atoms with Crippen molar-refractivity contribution in [3.63, 3.8) is 0 Å². The highest BCUT2D eigenvalue weighted by Gasteiger charge is 2.48. The molecule has 0 aliphatic carbocycles. The fourth-order valence-corrected chi connectivity index (χ4v) is 3.73. The summed E-state index contributed by atoms with van der Waals surface area (Å²) in [5, 5.41) is 9.62. The Hall–Kier alpha value is -1.35. The molecule has 0 aromatic heterocycles. The number of alkyl halides is 1. The Morgan fingerprint density at radius 2 is 1.90 bits per heavy atom. The molecule has 2 rings (SSSR count). The van der Waals surface area contributed by atoms with E-state index in [4.69, 9.17) is 4.74 Å². The van der Waals surface area contributed by atoms with Crippen molar-refractivity contribution in [1.29, 1.82) is 0 Å². The number of hydrogen-bond acceptors (Lipinski definition) is 5. The summed E-state index contributed by atoms with van der Waals surface area (Å²) in [6, 6.07) is 4.80. The van der Waals surface area contributed by atoms with Crippen molar-refractivity contribution in [1.82, 2.24) is 9.62 Å². The van der Waals surface area contributed by atoms with Crippen LogP contribution in [0.2, 0.25) is 0 Å². The summed E-state index contributed by atoms with van der Waals surface area (Å²) in [4.78, 5) is 13.5. The molecular formula is C21H33FN2O4S. The zero-order chi connectivity index (χ0) is 22.2.